The molecule has 1 fully saturated rings. The molecule has 0 radical (unpaired) electrons. The summed E-state index contributed by atoms with van der Waals surface area (Å²) in [5.41, 5.74) is 1.39. The van der Waals surface area contributed by atoms with Crippen molar-refractivity contribution in [2.24, 2.45) is 11.8 Å². The largest absolute Gasteiger partial charge is 0.508 e. The Labute approximate surface area is 151 Å². The number of nitrogens with zero attached hydrogens (tertiary/aromatic N) is 1. The molecule has 1 aromatic rings. The van der Waals surface area contributed by atoms with E-state index in [2.05, 4.69) is 37.0 Å². The van der Waals surface area contributed by atoms with Gasteiger partial charge in [0, 0.05) is 19.0 Å². The number of aliphatic hydroxyl groups is 1. The molecule has 3 rings (SSSR count). The predicted molar refractivity (Wildman–Crippen MR) is 102 cm³/mol. The zero-order chi connectivity index (χ0) is 17.9. The number of phenolic OH excluding ortho intramolecular Hbond substituents is 1. The summed E-state index contributed by atoms with van der Waals surface area (Å²) in [6.07, 6.45) is 12.7. The highest BCUT2D eigenvalue weighted by Crippen LogP contribution is 2.38. The van der Waals surface area contributed by atoms with E-state index in [4.69, 9.17) is 0 Å². The van der Waals surface area contributed by atoms with Crippen LogP contribution >= 0.6 is 0 Å². The van der Waals surface area contributed by atoms with Gasteiger partial charge in [0.2, 0.25) is 0 Å². The van der Waals surface area contributed by atoms with Crippen molar-refractivity contribution < 1.29 is 10.2 Å². The number of likely N-dealkylation sites (tertiary alicyclic amines) is 1. The zero-order valence-corrected chi connectivity index (χ0v) is 15.5. The van der Waals surface area contributed by atoms with E-state index in [1.165, 1.54) is 24.8 Å². The molecular formula is C22H31NO2. The van der Waals surface area contributed by atoms with E-state index in [0.29, 0.717) is 5.92 Å². The molecule has 1 atom stereocenters. The summed E-state index contributed by atoms with van der Waals surface area (Å²) >= 11 is 0. The Hall–Kier alpha value is -1.58. The number of piperidine rings is 1. The summed E-state index contributed by atoms with van der Waals surface area (Å²) in [5.74, 6) is 1.03. The molecule has 0 amide bonds. The summed E-state index contributed by atoms with van der Waals surface area (Å²) in [6.45, 7) is 5.96. The lowest BCUT2D eigenvalue weighted by Crippen LogP contribution is -2.53. The van der Waals surface area contributed by atoms with Crippen LogP contribution in [0.15, 0.2) is 48.1 Å². The maximum atomic E-state index is 11.5. The average molecular weight is 341 g/mol. The second-order valence-corrected chi connectivity index (χ2v) is 7.82. The van der Waals surface area contributed by atoms with E-state index >= 15 is 0 Å². The monoisotopic (exact) mass is 341 g/mol. The number of hydrogen-bond acceptors (Lipinski definition) is 3. The molecule has 1 aliphatic carbocycles. The Morgan fingerprint density at radius 3 is 2.36 bits per heavy atom. The van der Waals surface area contributed by atoms with E-state index < -0.39 is 5.72 Å². The molecule has 1 heterocycles. The SMILES string of the molecule is CC(C)[C@@](O)(c1ccc(O)cc1)N1CCC(CC2=CCCC=C2)CC1. The number of aromatic hydroxyl groups is 1. The number of benzene rings is 1. The van der Waals surface area contributed by atoms with Gasteiger partial charge in [-0.05, 0) is 55.7 Å². The van der Waals surface area contributed by atoms with Crippen molar-refractivity contribution in [2.45, 2.75) is 51.7 Å². The highest BCUT2D eigenvalue weighted by atomic mass is 16.3. The molecule has 2 aliphatic rings. The fraction of sp³-hybridized carbons (Fsp3) is 0.545. The van der Waals surface area contributed by atoms with E-state index in [0.717, 1.165) is 31.5 Å². The van der Waals surface area contributed by atoms with Crippen molar-refractivity contribution >= 4 is 0 Å². The summed E-state index contributed by atoms with van der Waals surface area (Å²) in [7, 11) is 0. The number of phenols is 1. The predicted octanol–water partition coefficient (Wildman–Crippen LogP) is 4.57. The molecule has 0 unspecified atom stereocenters. The van der Waals surface area contributed by atoms with Crippen LogP contribution < -0.4 is 0 Å². The fourth-order valence-electron chi connectivity index (χ4n) is 4.22. The summed E-state index contributed by atoms with van der Waals surface area (Å²) in [6, 6.07) is 7.02. The van der Waals surface area contributed by atoms with Crippen LogP contribution in [0.1, 0.15) is 51.5 Å². The van der Waals surface area contributed by atoms with Crippen molar-refractivity contribution in [2.75, 3.05) is 13.1 Å². The maximum Gasteiger partial charge on any atom is 0.146 e. The van der Waals surface area contributed by atoms with Crippen LogP contribution in [0.5, 0.6) is 5.75 Å². The maximum absolute atomic E-state index is 11.5. The van der Waals surface area contributed by atoms with Crippen molar-refractivity contribution in [1.82, 2.24) is 4.90 Å². The molecule has 3 nitrogen and oxygen atoms in total. The molecule has 0 spiro atoms. The van der Waals surface area contributed by atoms with Crippen LogP contribution in [0.4, 0.5) is 0 Å². The minimum absolute atomic E-state index is 0.0811. The van der Waals surface area contributed by atoms with Gasteiger partial charge in [0.15, 0.2) is 0 Å². The average Bonchev–Trinajstić information content (AvgIpc) is 2.63. The second kappa shape index (κ2) is 7.76. The molecule has 0 aromatic heterocycles. The summed E-state index contributed by atoms with van der Waals surface area (Å²) in [5, 5.41) is 21.1. The van der Waals surface area contributed by atoms with Gasteiger partial charge in [-0.25, -0.2) is 0 Å². The van der Waals surface area contributed by atoms with Crippen molar-refractivity contribution in [1.29, 1.82) is 0 Å². The normalized spacial score (nSPS) is 22.0. The van der Waals surface area contributed by atoms with Crippen LogP contribution in [0, 0.1) is 11.8 Å². The molecule has 25 heavy (non-hydrogen) atoms. The quantitative estimate of drug-likeness (QED) is 0.824. The molecule has 0 saturated carbocycles. The van der Waals surface area contributed by atoms with E-state index in [-0.39, 0.29) is 11.7 Å². The first-order chi connectivity index (χ1) is 12.0. The minimum Gasteiger partial charge on any atom is -0.508 e. The van der Waals surface area contributed by atoms with Gasteiger partial charge in [-0.15, -0.1) is 0 Å². The molecule has 0 bridgehead atoms. The zero-order valence-electron chi connectivity index (χ0n) is 15.5. The van der Waals surface area contributed by atoms with Crippen LogP contribution in [0.3, 0.4) is 0 Å². The Bertz CT molecular complexity index is 624. The second-order valence-electron chi connectivity index (χ2n) is 7.82. The van der Waals surface area contributed by atoms with Gasteiger partial charge in [0.05, 0.1) is 0 Å². The molecule has 1 aliphatic heterocycles. The number of rotatable bonds is 5. The third-order valence-electron chi connectivity index (χ3n) is 5.79. The highest BCUT2D eigenvalue weighted by Gasteiger charge is 2.41. The third-order valence-corrected chi connectivity index (χ3v) is 5.79. The van der Waals surface area contributed by atoms with Crippen LogP contribution in [0.25, 0.3) is 0 Å². The van der Waals surface area contributed by atoms with Gasteiger partial charge in [-0.1, -0.05) is 49.8 Å². The van der Waals surface area contributed by atoms with Crippen LogP contribution in [0.2, 0.25) is 0 Å². The number of hydrogen-bond donors (Lipinski definition) is 2. The van der Waals surface area contributed by atoms with Gasteiger partial charge in [0.25, 0.3) is 0 Å². The molecule has 136 valence electrons. The van der Waals surface area contributed by atoms with Crippen molar-refractivity contribution in [3.8, 4) is 5.75 Å². The van der Waals surface area contributed by atoms with Gasteiger partial charge < -0.3 is 10.2 Å². The lowest BCUT2D eigenvalue weighted by atomic mass is 9.84. The van der Waals surface area contributed by atoms with Gasteiger partial charge in [-0.2, -0.15) is 0 Å². The smallest absolute Gasteiger partial charge is 0.146 e. The van der Waals surface area contributed by atoms with Crippen LogP contribution in [-0.4, -0.2) is 28.2 Å². The van der Waals surface area contributed by atoms with Crippen LogP contribution in [-0.2, 0) is 5.72 Å². The number of allylic oxidation sites excluding steroid dienone is 4. The molecule has 1 aromatic carbocycles. The first kappa shape index (κ1) is 18.2. The summed E-state index contributed by atoms with van der Waals surface area (Å²) < 4.78 is 0. The van der Waals surface area contributed by atoms with Gasteiger partial charge >= 0.3 is 0 Å². The lowest BCUT2D eigenvalue weighted by molar-refractivity contribution is -0.160. The first-order valence-corrected chi connectivity index (χ1v) is 9.62. The Kier molecular flexibility index (Phi) is 5.65. The third kappa shape index (κ3) is 3.99. The summed E-state index contributed by atoms with van der Waals surface area (Å²) in [4.78, 5) is 2.23. The van der Waals surface area contributed by atoms with Gasteiger partial charge in [-0.3, -0.25) is 4.90 Å². The Balaban J connectivity index is 1.67. The molecule has 3 heteroatoms. The standard InChI is InChI=1S/C22H31NO2/c1-17(2)22(25,20-8-10-21(24)11-9-20)23-14-12-19(13-15-23)16-18-6-4-3-5-7-18/h4,6-11,17,19,24-25H,3,5,12-16H2,1-2H3/t22-/m1/s1. The topological polar surface area (TPSA) is 43.7 Å². The van der Waals surface area contributed by atoms with E-state index in [9.17, 15) is 10.2 Å². The Morgan fingerprint density at radius 1 is 1.12 bits per heavy atom. The van der Waals surface area contributed by atoms with Gasteiger partial charge in [0.1, 0.15) is 11.5 Å². The molecule has 2 N–H and O–H groups in total. The Morgan fingerprint density at radius 2 is 1.80 bits per heavy atom. The van der Waals surface area contributed by atoms with E-state index in [1.807, 2.05) is 12.1 Å². The van der Waals surface area contributed by atoms with Crippen molar-refractivity contribution in [3.05, 3.63) is 53.6 Å². The first-order valence-electron chi connectivity index (χ1n) is 9.62. The highest BCUT2D eigenvalue weighted by molar-refractivity contribution is 5.30. The van der Waals surface area contributed by atoms with Crippen molar-refractivity contribution in [3.63, 3.8) is 0 Å². The molecule has 1 saturated heterocycles. The lowest BCUT2D eigenvalue weighted by Gasteiger charge is -2.46. The minimum atomic E-state index is -0.970. The fourth-order valence-corrected chi connectivity index (χ4v) is 4.22. The van der Waals surface area contributed by atoms with E-state index in [1.54, 1.807) is 12.1 Å². The molecular weight excluding hydrogens is 310 g/mol.